The van der Waals surface area contributed by atoms with Gasteiger partial charge in [-0.1, -0.05) is 18.2 Å². The smallest absolute Gasteiger partial charge is 0.254 e. The van der Waals surface area contributed by atoms with E-state index in [1.807, 2.05) is 18.2 Å². The van der Waals surface area contributed by atoms with Crippen LogP contribution in [-0.4, -0.2) is 19.1 Å². The second-order valence-electron chi connectivity index (χ2n) is 4.27. The van der Waals surface area contributed by atoms with Gasteiger partial charge in [0.2, 0.25) is 0 Å². The summed E-state index contributed by atoms with van der Waals surface area (Å²) in [5.74, 6) is -1.78. The molecular weight excluding hydrogens is 278 g/mol. The predicted molar refractivity (Wildman–Crippen MR) is 75.0 cm³/mol. The topological polar surface area (TPSA) is 64.4 Å². The summed E-state index contributed by atoms with van der Waals surface area (Å²) in [6.45, 7) is 0.367. The number of anilines is 1. The molecule has 0 aliphatic heterocycles. The minimum atomic E-state index is -0.933. The highest BCUT2D eigenvalue weighted by molar-refractivity contribution is 5.95. The van der Waals surface area contributed by atoms with Crippen molar-refractivity contribution >= 4 is 11.6 Å². The van der Waals surface area contributed by atoms with Gasteiger partial charge in [0.05, 0.1) is 17.8 Å². The lowest BCUT2D eigenvalue weighted by Gasteiger charge is -2.09. The van der Waals surface area contributed by atoms with Gasteiger partial charge in [-0.2, -0.15) is 0 Å². The van der Waals surface area contributed by atoms with Gasteiger partial charge in [0, 0.05) is 0 Å². The van der Waals surface area contributed by atoms with Crippen molar-refractivity contribution in [3.05, 3.63) is 59.7 Å². The summed E-state index contributed by atoms with van der Waals surface area (Å²) in [6.07, 6.45) is 0. The van der Waals surface area contributed by atoms with Gasteiger partial charge < -0.3 is 15.8 Å². The average molecular weight is 292 g/mol. The van der Waals surface area contributed by atoms with E-state index < -0.39 is 28.8 Å². The van der Waals surface area contributed by atoms with Gasteiger partial charge in [-0.15, -0.1) is 0 Å². The molecule has 0 aliphatic rings. The molecule has 0 spiro atoms. The number of para-hydroxylation sites is 1. The van der Waals surface area contributed by atoms with Crippen molar-refractivity contribution in [2.24, 2.45) is 0 Å². The van der Waals surface area contributed by atoms with Crippen molar-refractivity contribution in [2.45, 2.75) is 0 Å². The molecule has 4 nitrogen and oxygen atoms in total. The minimum absolute atomic E-state index is 0.156. The fourth-order valence-electron chi connectivity index (χ4n) is 1.72. The standard InChI is InChI=1S/C15H14F2N2O2/c16-10-8-12(14(17)13(18)9-10)15(20)19-6-7-21-11-4-2-1-3-5-11/h1-5,8-9H,6-7,18H2,(H,19,20). The van der Waals surface area contributed by atoms with Crippen LogP contribution in [0.4, 0.5) is 14.5 Å². The van der Waals surface area contributed by atoms with E-state index in [0.29, 0.717) is 5.75 Å². The van der Waals surface area contributed by atoms with E-state index in [1.54, 1.807) is 12.1 Å². The zero-order chi connectivity index (χ0) is 15.2. The molecule has 0 unspecified atom stereocenters. The first kappa shape index (κ1) is 14.8. The molecule has 0 atom stereocenters. The first-order valence-corrected chi connectivity index (χ1v) is 6.28. The highest BCUT2D eigenvalue weighted by atomic mass is 19.1. The molecule has 1 amide bonds. The van der Waals surface area contributed by atoms with Gasteiger partial charge in [-0.3, -0.25) is 4.79 Å². The highest BCUT2D eigenvalue weighted by Crippen LogP contribution is 2.17. The van der Waals surface area contributed by atoms with E-state index in [1.165, 1.54) is 0 Å². The number of carbonyl (C=O) groups is 1. The summed E-state index contributed by atoms with van der Waals surface area (Å²) < 4.78 is 32.1. The largest absolute Gasteiger partial charge is 0.492 e. The van der Waals surface area contributed by atoms with Crippen molar-refractivity contribution in [1.82, 2.24) is 5.32 Å². The Morgan fingerprint density at radius 1 is 1.19 bits per heavy atom. The van der Waals surface area contributed by atoms with Gasteiger partial charge in [0.25, 0.3) is 5.91 Å². The van der Waals surface area contributed by atoms with Crippen LogP contribution in [0.5, 0.6) is 5.75 Å². The summed E-state index contributed by atoms with van der Waals surface area (Å²) in [5, 5.41) is 2.44. The number of hydrogen-bond acceptors (Lipinski definition) is 3. The number of nitrogens with one attached hydrogen (secondary N) is 1. The van der Waals surface area contributed by atoms with Gasteiger partial charge in [0.1, 0.15) is 18.2 Å². The normalized spacial score (nSPS) is 10.2. The van der Waals surface area contributed by atoms with Crippen LogP contribution in [-0.2, 0) is 0 Å². The zero-order valence-electron chi connectivity index (χ0n) is 11.1. The Morgan fingerprint density at radius 3 is 2.62 bits per heavy atom. The lowest BCUT2D eigenvalue weighted by Crippen LogP contribution is -2.29. The fourth-order valence-corrected chi connectivity index (χ4v) is 1.72. The molecule has 3 N–H and O–H groups in total. The molecule has 2 aromatic rings. The number of halogens is 2. The number of benzene rings is 2. The van der Waals surface area contributed by atoms with Crippen LogP contribution >= 0.6 is 0 Å². The zero-order valence-corrected chi connectivity index (χ0v) is 11.1. The van der Waals surface area contributed by atoms with Crippen LogP contribution in [0.15, 0.2) is 42.5 Å². The molecule has 21 heavy (non-hydrogen) atoms. The third-order valence-electron chi connectivity index (χ3n) is 2.71. The summed E-state index contributed by atoms with van der Waals surface area (Å²) in [6, 6.07) is 10.7. The molecule has 0 aliphatic carbocycles. The van der Waals surface area contributed by atoms with Crippen LogP contribution < -0.4 is 15.8 Å². The summed E-state index contributed by atoms with van der Waals surface area (Å²) >= 11 is 0. The van der Waals surface area contributed by atoms with E-state index in [0.717, 1.165) is 12.1 Å². The maximum Gasteiger partial charge on any atom is 0.254 e. The Hall–Kier alpha value is -2.63. The molecule has 0 heterocycles. The first-order valence-electron chi connectivity index (χ1n) is 6.28. The van der Waals surface area contributed by atoms with Crippen LogP contribution in [0.1, 0.15) is 10.4 Å². The van der Waals surface area contributed by atoms with Crippen LogP contribution in [0.25, 0.3) is 0 Å². The molecular formula is C15H14F2N2O2. The Labute approximate surface area is 120 Å². The van der Waals surface area contributed by atoms with Crippen LogP contribution in [0.2, 0.25) is 0 Å². The monoisotopic (exact) mass is 292 g/mol. The molecule has 0 saturated carbocycles. The van der Waals surface area contributed by atoms with Crippen molar-refractivity contribution < 1.29 is 18.3 Å². The van der Waals surface area contributed by atoms with E-state index >= 15 is 0 Å². The van der Waals surface area contributed by atoms with E-state index in [9.17, 15) is 13.6 Å². The molecule has 0 aromatic heterocycles. The lowest BCUT2D eigenvalue weighted by atomic mass is 10.1. The molecule has 0 radical (unpaired) electrons. The molecule has 2 rings (SSSR count). The Bertz CT molecular complexity index is 633. The van der Waals surface area contributed by atoms with Crippen LogP contribution in [0.3, 0.4) is 0 Å². The van der Waals surface area contributed by atoms with E-state index in [4.69, 9.17) is 10.5 Å². The SMILES string of the molecule is Nc1cc(F)cc(C(=O)NCCOc2ccccc2)c1F. The second kappa shape index (κ2) is 6.69. The molecule has 2 aromatic carbocycles. The number of nitrogen functional groups attached to an aromatic ring is 1. The van der Waals surface area contributed by atoms with Gasteiger partial charge in [0.15, 0.2) is 5.82 Å². The van der Waals surface area contributed by atoms with E-state index in [2.05, 4.69) is 5.32 Å². The molecule has 110 valence electrons. The van der Waals surface area contributed by atoms with Crippen LogP contribution in [0, 0.1) is 11.6 Å². The van der Waals surface area contributed by atoms with Gasteiger partial charge in [-0.25, -0.2) is 8.78 Å². The third kappa shape index (κ3) is 3.92. The third-order valence-corrected chi connectivity index (χ3v) is 2.71. The van der Waals surface area contributed by atoms with Gasteiger partial charge in [-0.05, 0) is 24.3 Å². The second-order valence-corrected chi connectivity index (χ2v) is 4.27. The summed E-state index contributed by atoms with van der Waals surface area (Å²) in [5.41, 5.74) is 4.44. The highest BCUT2D eigenvalue weighted by Gasteiger charge is 2.15. The van der Waals surface area contributed by atoms with Crippen molar-refractivity contribution in [1.29, 1.82) is 0 Å². The van der Waals surface area contributed by atoms with Crippen molar-refractivity contribution in [3.8, 4) is 5.75 Å². The number of nitrogens with two attached hydrogens (primary N) is 1. The number of rotatable bonds is 5. The quantitative estimate of drug-likeness (QED) is 0.657. The Kier molecular flexibility index (Phi) is 4.71. The van der Waals surface area contributed by atoms with Gasteiger partial charge >= 0.3 is 0 Å². The summed E-state index contributed by atoms with van der Waals surface area (Å²) in [4.78, 5) is 11.8. The predicted octanol–water partition coefficient (Wildman–Crippen LogP) is 2.36. The van der Waals surface area contributed by atoms with Crippen molar-refractivity contribution in [3.63, 3.8) is 0 Å². The maximum atomic E-state index is 13.6. The molecule has 6 heteroatoms. The summed E-state index contributed by atoms with van der Waals surface area (Å²) in [7, 11) is 0. The van der Waals surface area contributed by atoms with E-state index in [-0.39, 0.29) is 13.2 Å². The number of hydrogen-bond donors (Lipinski definition) is 2. The number of amides is 1. The average Bonchev–Trinajstić information content (AvgIpc) is 2.48. The Morgan fingerprint density at radius 2 is 1.90 bits per heavy atom. The molecule has 0 bridgehead atoms. The molecule has 0 fully saturated rings. The Balaban J connectivity index is 1.88. The number of ether oxygens (including phenoxy) is 1. The van der Waals surface area contributed by atoms with Crippen molar-refractivity contribution in [2.75, 3.05) is 18.9 Å². The fraction of sp³-hybridized carbons (Fsp3) is 0.133. The number of carbonyl (C=O) groups excluding carboxylic acids is 1. The minimum Gasteiger partial charge on any atom is -0.492 e. The maximum absolute atomic E-state index is 13.6. The lowest BCUT2D eigenvalue weighted by molar-refractivity contribution is 0.0942. The molecule has 0 saturated heterocycles. The first-order chi connectivity index (χ1) is 10.1.